The summed E-state index contributed by atoms with van der Waals surface area (Å²) >= 11 is 0. The van der Waals surface area contributed by atoms with Crippen molar-refractivity contribution in [1.29, 1.82) is 5.41 Å². The van der Waals surface area contributed by atoms with Gasteiger partial charge in [-0.05, 0) is 12.5 Å². The summed E-state index contributed by atoms with van der Waals surface area (Å²) in [5.41, 5.74) is 5.75. The van der Waals surface area contributed by atoms with Gasteiger partial charge in [-0.25, -0.2) is 9.97 Å². The van der Waals surface area contributed by atoms with Crippen molar-refractivity contribution in [3.05, 3.63) is 18.0 Å². The lowest BCUT2D eigenvalue weighted by Gasteiger charge is -2.15. The van der Waals surface area contributed by atoms with Gasteiger partial charge in [0.15, 0.2) is 0 Å². The molecule has 4 N–H and O–H groups in total. The minimum Gasteiger partial charge on any atom is -0.391 e. The van der Waals surface area contributed by atoms with Gasteiger partial charge >= 0.3 is 0 Å². The maximum Gasteiger partial charge on any atom is 0.226 e. The Hall–Kier alpha value is -1.69. The summed E-state index contributed by atoms with van der Waals surface area (Å²) in [6.45, 7) is 1.28. The molecule has 0 aliphatic carbocycles. The molecule has 1 saturated heterocycles. The second-order valence-corrected chi connectivity index (χ2v) is 3.54. The molecule has 0 saturated carbocycles. The van der Waals surface area contributed by atoms with Gasteiger partial charge in [0.25, 0.3) is 0 Å². The fourth-order valence-corrected chi connectivity index (χ4v) is 1.57. The van der Waals surface area contributed by atoms with E-state index in [1.165, 1.54) is 0 Å². The monoisotopic (exact) mass is 207 g/mol. The number of nitrogen functional groups attached to an aromatic ring is 1. The minimum absolute atomic E-state index is 0.0709. The number of rotatable bonds is 2. The molecule has 1 atom stereocenters. The van der Waals surface area contributed by atoms with Crippen molar-refractivity contribution in [2.24, 2.45) is 5.73 Å². The van der Waals surface area contributed by atoms with Crippen molar-refractivity contribution >= 4 is 11.8 Å². The Morgan fingerprint density at radius 3 is 3.07 bits per heavy atom. The van der Waals surface area contributed by atoms with Gasteiger partial charge < -0.3 is 15.7 Å². The maximum atomic E-state index is 9.38. The van der Waals surface area contributed by atoms with E-state index in [-0.39, 0.29) is 11.9 Å². The minimum atomic E-state index is -0.311. The Morgan fingerprint density at radius 2 is 2.47 bits per heavy atom. The van der Waals surface area contributed by atoms with Gasteiger partial charge in [0.2, 0.25) is 5.95 Å². The zero-order valence-electron chi connectivity index (χ0n) is 8.22. The zero-order valence-corrected chi connectivity index (χ0v) is 8.22. The number of nitrogens with zero attached hydrogens (tertiary/aromatic N) is 3. The summed E-state index contributed by atoms with van der Waals surface area (Å²) in [5.74, 6) is 0.456. The smallest absolute Gasteiger partial charge is 0.226 e. The number of aromatic nitrogens is 2. The van der Waals surface area contributed by atoms with E-state index < -0.39 is 0 Å². The number of anilines is 1. The number of nitrogens with two attached hydrogens (primary N) is 1. The number of β-amino-alcohol motifs (C(OH)–C–C–N with tert-alkyl or cyclic N) is 1. The summed E-state index contributed by atoms with van der Waals surface area (Å²) in [6.07, 6.45) is 1.99. The number of nitrogens with one attached hydrogen (secondary N) is 1. The Labute approximate surface area is 87.3 Å². The number of hydrogen-bond donors (Lipinski definition) is 3. The number of aliphatic hydroxyl groups is 1. The molecule has 6 heteroatoms. The highest BCUT2D eigenvalue weighted by atomic mass is 16.3. The van der Waals surface area contributed by atoms with E-state index in [0.717, 1.165) is 13.0 Å². The molecule has 80 valence electrons. The van der Waals surface area contributed by atoms with Crippen LogP contribution in [0.1, 0.15) is 12.1 Å². The molecule has 0 spiro atoms. The highest BCUT2D eigenvalue weighted by Crippen LogP contribution is 2.15. The summed E-state index contributed by atoms with van der Waals surface area (Å²) < 4.78 is 0. The highest BCUT2D eigenvalue weighted by Gasteiger charge is 2.22. The number of hydrogen-bond acceptors (Lipinski definition) is 5. The molecule has 0 aromatic carbocycles. The molecule has 0 bridgehead atoms. The Kier molecular flexibility index (Phi) is 2.51. The maximum absolute atomic E-state index is 9.38. The fourth-order valence-electron chi connectivity index (χ4n) is 1.57. The van der Waals surface area contributed by atoms with Gasteiger partial charge in [-0.2, -0.15) is 0 Å². The third-order valence-corrected chi connectivity index (χ3v) is 2.37. The van der Waals surface area contributed by atoms with Crippen LogP contribution in [-0.2, 0) is 0 Å². The molecular weight excluding hydrogens is 194 g/mol. The SMILES string of the molecule is N=C(N)c1ccnc(N2CCC(O)C2)n1. The zero-order chi connectivity index (χ0) is 10.8. The molecule has 1 unspecified atom stereocenters. The largest absolute Gasteiger partial charge is 0.391 e. The normalized spacial score (nSPS) is 20.6. The molecule has 1 aromatic rings. The second-order valence-electron chi connectivity index (χ2n) is 3.54. The van der Waals surface area contributed by atoms with Crippen molar-refractivity contribution in [1.82, 2.24) is 9.97 Å². The molecule has 2 heterocycles. The third-order valence-electron chi connectivity index (χ3n) is 2.37. The van der Waals surface area contributed by atoms with Crippen molar-refractivity contribution in [3.63, 3.8) is 0 Å². The van der Waals surface area contributed by atoms with E-state index in [1.54, 1.807) is 12.3 Å². The predicted molar refractivity (Wildman–Crippen MR) is 55.9 cm³/mol. The van der Waals surface area contributed by atoms with E-state index in [9.17, 15) is 5.11 Å². The van der Waals surface area contributed by atoms with Crippen LogP contribution in [0, 0.1) is 5.41 Å². The molecule has 1 aliphatic heterocycles. The summed E-state index contributed by atoms with van der Waals surface area (Å²) in [5, 5.41) is 16.6. The molecule has 15 heavy (non-hydrogen) atoms. The molecule has 1 aliphatic rings. The topological polar surface area (TPSA) is 99.1 Å². The van der Waals surface area contributed by atoms with Gasteiger partial charge in [-0.3, -0.25) is 5.41 Å². The average Bonchev–Trinajstić information content (AvgIpc) is 2.65. The summed E-state index contributed by atoms with van der Waals surface area (Å²) in [7, 11) is 0. The molecule has 2 rings (SSSR count). The first kappa shape index (κ1) is 9.85. The molecular formula is C9H13N5O. The summed E-state index contributed by atoms with van der Waals surface area (Å²) in [6, 6.07) is 1.60. The first-order valence-corrected chi connectivity index (χ1v) is 4.77. The second kappa shape index (κ2) is 3.82. The molecule has 1 aromatic heterocycles. The van der Waals surface area contributed by atoms with E-state index in [0.29, 0.717) is 18.2 Å². The Morgan fingerprint density at radius 1 is 1.67 bits per heavy atom. The van der Waals surface area contributed by atoms with Gasteiger partial charge in [0.1, 0.15) is 11.5 Å². The average molecular weight is 207 g/mol. The molecule has 0 radical (unpaired) electrons. The highest BCUT2D eigenvalue weighted by molar-refractivity contribution is 5.93. The van der Waals surface area contributed by atoms with Gasteiger partial charge in [-0.15, -0.1) is 0 Å². The van der Waals surface area contributed by atoms with Crippen LogP contribution in [0.4, 0.5) is 5.95 Å². The van der Waals surface area contributed by atoms with Crippen molar-refractivity contribution in [3.8, 4) is 0 Å². The van der Waals surface area contributed by atoms with E-state index in [1.807, 2.05) is 4.90 Å². The van der Waals surface area contributed by atoms with E-state index in [4.69, 9.17) is 11.1 Å². The van der Waals surface area contributed by atoms with E-state index in [2.05, 4.69) is 9.97 Å². The number of amidine groups is 1. The van der Waals surface area contributed by atoms with Crippen LogP contribution in [0.2, 0.25) is 0 Å². The van der Waals surface area contributed by atoms with Gasteiger partial charge in [0.05, 0.1) is 6.10 Å². The van der Waals surface area contributed by atoms with E-state index >= 15 is 0 Å². The molecule has 0 amide bonds. The third kappa shape index (κ3) is 2.04. The first-order chi connectivity index (χ1) is 7.16. The Balaban J connectivity index is 2.21. The summed E-state index contributed by atoms with van der Waals surface area (Å²) in [4.78, 5) is 10.1. The van der Waals surface area contributed by atoms with Crippen LogP contribution in [0.15, 0.2) is 12.3 Å². The van der Waals surface area contributed by atoms with Crippen molar-refractivity contribution in [2.75, 3.05) is 18.0 Å². The van der Waals surface area contributed by atoms with Crippen molar-refractivity contribution < 1.29 is 5.11 Å². The molecule has 1 fully saturated rings. The van der Waals surface area contributed by atoms with Crippen LogP contribution in [0.5, 0.6) is 0 Å². The van der Waals surface area contributed by atoms with Crippen LogP contribution in [-0.4, -0.2) is 40.1 Å². The lowest BCUT2D eigenvalue weighted by molar-refractivity contribution is 0.198. The quantitative estimate of drug-likeness (QED) is 0.441. The standard InChI is InChI=1S/C9H13N5O/c10-8(11)7-1-3-12-9(13-7)14-4-2-6(15)5-14/h1,3,6,15H,2,4-5H2,(H3,10,11). The van der Waals surface area contributed by atoms with Crippen LogP contribution in [0.25, 0.3) is 0 Å². The van der Waals surface area contributed by atoms with Gasteiger partial charge in [-0.1, -0.05) is 0 Å². The predicted octanol–water partition coefficient (Wildman–Crippen LogP) is -0.668. The first-order valence-electron chi connectivity index (χ1n) is 4.77. The van der Waals surface area contributed by atoms with Crippen molar-refractivity contribution in [2.45, 2.75) is 12.5 Å². The fraction of sp³-hybridized carbons (Fsp3) is 0.444. The lowest BCUT2D eigenvalue weighted by atomic mass is 10.3. The molecule has 6 nitrogen and oxygen atoms in total. The van der Waals surface area contributed by atoms with Crippen LogP contribution in [0.3, 0.4) is 0 Å². The van der Waals surface area contributed by atoms with Gasteiger partial charge in [0, 0.05) is 19.3 Å². The van der Waals surface area contributed by atoms with Crippen LogP contribution < -0.4 is 10.6 Å². The Bertz CT molecular complexity index is 381. The lowest BCUT2D eigenvalue weighted by Crippen LogP contribution is -2.24. The number of aliphatic hydroxyl groups excluding tert-OH is 1. The van der Waals surface area contributed by atoms with Crippen LogP contribution >= 0.6 is 0 Å².